The van der Waals surface area contributed by atoms with Crippen molar-refractivity contribution in [1.29, 1.82) is 0 Å². The molecule has 2 atom stereocenters. The average molecular weight is 406 g/mol. The fraction of sp³-hybridized carbons (Fsp3) is 0.500. The van der Waals surface area contributed by atoms with Gasteiger partial charge in [-0.1, -0.05) is 0 Å². The number of hydrogen-bond donors (Lipinski definition) is 4. The minimum atomic E-state index is -1.46. The van der Waals surface area contributed by atoms with E-state index in [2.05, 4.69) is 10.3 Å². The van der Waals surface area contributed by atoms with Crippen molar-refractivity contribution in [3.8, 4) is 0 Å². The first-order valence-corrected chi connectivity index (χ1v) is 9.70. The third kappa shape index (κ3) is 3.00. The van der Waals surface area contributed by atoms with Crippen molar-refractivity contribution in [2.24, 2.45) is 11.7 Å². The topological polar surface area (TPSA) is 111 Å². The zero-order valence-electron chi connectivity index (χ0n) is 16.3. The number of aromatic amines is 1. The fourth-order valence-corrected chi connectivity index (χ4v) is 4.31. The number of nitrogens with two attached hydrogens (primary N) is 1. The lowest BCUT2D eigenvalue weighted by Crippen LogP contribution is -2.33. The van der Waals surface area contributed by atoms with E-state index in [0.29, 0.717) is 25.9 Å². The second-order valence-corrected chi connectivity index (χ2v) is 8.17. The van der Waals surface area contributed by atoms with Crippen LogP contribution in [-0.4, -0.2) is 42.2 Å². The number of aromatic carboxylic acids is 1. The number of hydrogen-bond acceptors (Lipinski definition) is 5. The molecule has 1 saturated heterocycles. The normalized spacial score (nSPS) is 21.6. The summed E-state index contributed by atoms with van der Waals surface area (Å²) in [4.78, 5) is 28.4. The summed E-state index contributed by atoms with van der Waals surface area (Å²) in [6, 6.07) is 0.188. The lowest BCUT2D eigenvalue weighted by Gasteiger charge is -2.25. The van der Waals surface area contributed by atoms with Crippen molar-refractivity contribution < 1.29 is 18.7 Å². The zero-order chi connectivity index (χ0) is 21.1. The summed E-state index contributed by atoms with van der Waals surface area (Å²) in [6.45, 7) is 2.97. The molecular weight excluding hydrogens is 382 g/mol. The van der Waals surface area contributed by atoms with Crippen LogP contribution in [0.15, 0.2) is 11.0 Å². The Balaban J connectivity index is 1.96. The van der Waals surface area contributed by atoms with Crippen molar-refractivity contribution in [2.45, 2.75) is 37.8 Å². The number of fused-ring (bicyclic) bond motifs is 1. The number of nitrogens with one attached hydrogen (secondary N) is 2. The van der Waals surface area contributed by atoms with Gasteiger partial charge in [0.1, 0.15) is 11.3 Å². The zero-order valence-corrected chi connectivity index (χ0v) is 16.3. The maximum Gasteiger partial charge on any atom is 0.341 e. The van der Waals surface area contributed by atoms with E-state index in [1.54, 1.807) is 4.90 Å². The number of halogens is 2. The van der Waals surface area contributed by atoms with Crippen LogP contribution in [0.1, 0.15) is 42.1 Å². The third-order valence-corrected chi connectivity index (χ3v) is 6.41. The van der Waals surface area contributed by atoms with Crippen molar-refractivity contribution in [3.63, 3.8) is 0 Å². The van der Waals surface area contributed by atoms with Gasteiger partial charge >= 0.3 is 5.97 Å². The molecule has 2 aliphatic rings. The van der Waals surface area contributed by atoms with Crippen molar-refractivity contribution in [1.82, 2.24) is 10.3 Å². The number of carbonyl (C=O) groups is 1. The van der Waals surface area contributed by atoms with Crippen LogP contribution in [0, 0.1) is 17.6 Å². The quantitative estimate of drug-likeness (QED) is 0.603. The maximum absolute atomic E-state index is 15.7. The molecule has 1 aliphatic heterocycles. The van der Waals surface area contributed by atoms with E-state index in [9.17, 15) is 14.7 Å². The molecule has 1 aliphatic carbocycles. The summed E-state index contributed by atoms with van der Waals surface area (Å²) >= 11 is 0. The average Bonchev–Trinajstić information content (AvgIpc) is 3.23. The smallest absolute Gasteiger partial charge is 0.341 e. The first-order valence-electron chi connectivity index (χ1n) is 9.70. The molecule has 2 heterocycles. The first kappa shape index (κ1) is 19.8. The molecule has 0 spiro atoms. The van der Waals surface area contributed by atoms with Crippen LogP contribution < -0.4 is 21.4 Å². The molecule has 29 heavy (non-hydrogen) atoms. The highest BCUT2D eigenvalue weighted by Gasteiger charge is 2.46. The molecule has 4 rings (SSSR count). The summed E-state index contributed by atoms with van der Waals surface area (Å²) < 4.78 is 31.1. The van der Waals surface area contributed by atoms with Gasteiger partial charge in [-0.3, -0.25) is 4.79 Å². The molecule has 0 amide bonds. The van der Waals surface area contributed by atoms with Gasteiger partial charge in [0.25, 0.3) is 0 Å². The molecule has 0 bridgehead atoms. The first-order chi connectivity index (χ1) is 13.7. The van der Waals surface area contributed by atoms with Gasteiger partial charge in [0, 0.05) is 36.4 Å². The Hall–Kier alpha value is -2.52. The third-order valence-electron chi connectivity index (χ3n) is 6.41. The Kier molecular flexibility index (Phi) is 4.62. The standard InChI is InChI=1S/C20H24F2N4O3/c1-9(24-2)10-3-6-26(8-10)17-14(21)13(20(23)4-5-20)12-16(15(17)22)25-7-11(18(12)27)19(28)29/h7,9-10,24H,3-6,8,23H2,1-2H3,(H,25,27)(H,28,29). The summed E-state index contributed by atoms with van der Waals surface area (Å²) in [7, 11) is 1.85. The number of benzene rings is 1. The van der Waals surface area contributed by atoms with E-state index in [-0.39, 0.29) is 34.1 Å². The molecule has 0 radical (unpaired) electrons. The van der Waals surface area contributed by atoms with Crippen LogP contribution in [-0.2, 0) is 5.54 Å². The highest BCUT2D eigenvalue weighted by atomic mass is 19.1. The summed E-state index contributed by atoms with van der Waals surface area (Å²) in [6.07, 6.45) is 2.62. The van der Waals surface area contributed by atoms with Crippen molar-refractivity contribution >= 4 is 22.6 Å². The van der Waals surface area contributed by atoms with Gasteiger partial charge in [-0.15, -0.1) is 0 Å². The molecule has 7 nitrogen and oxygen atoms in total. The predicted octanol–water partition coefficient (Wildman–Crippen LogP) is 1.89. The molecule has 2 aromatic rings. The van der Waals surface area contributed by atoms with E-state index in [0.717, 1.165) is 12.6 Å². The summed E-state index contributed by atoms with van der Waals surface area (Å²) in [5.41, 5.74) is 3.18. The Morgan fingerprint density at radius 2 is 2.10 bits per heavy atom. The van der Waals surface area contributed by atoms with Gasteiger partial charge in [0.05, 0.1) is 10.9 Å². The largest absolute Gasteiger partial charge is 0.477 e. The SMILES string of the molecule is CNC(C)C1CCN(c2c(F)c(C3(N)CC3)c3c(=O)c(C(=O)O)c[nH]c3c2F)C1. The van der Waals surface area contributed by atoms with E-state index in [1.807, 2.05) is 14.0 Å². The predicted molar refractivity (Wildman–Crippen MR) is 105 cm³/mol. The maximum atomic E-state index is 15.7. The van der Waals surface area contributed by atoms with Gasteiger partial charge in [-0.2, -0.15) is 0 Å². The number of H-pyrrole nitrogens is 1. The van der Waals surface area contributed by atoms with Gasteiger partial charge in [0.15, 0.2) is 11.6 Å². The number of aromatic nitrogens is 1. The number of carboxylic acids is 1. The number of anilines is 1. The van der Waals surface area contributed by atoms with E-state index in [4.69, 9.17) is 5.73 Å². The number of carboxylic acid groups (broad SMARTS) is 1. The highest BCUT2D eigenvalue weighted by molar-refractivity contribution is 5.95. The fourth-order valence-electron chi connectivity index (χ4n) is 4.31. The number of rotatable bonds is 5. The Labute approximate surface area is 165 Å². The molecule has 2 unspecified atom stereocenters. The van der Waals surface area contributed by atoms with E-state index < -0.39 is 34.1 Å². The van der Waals surface area contributed by atoms with Crippen molar-refractivity contribution in [3.05, 3.63) is 39.2 Å². The summed E-state index contributed by atoms with van der Waals surface area (Å²) in [5, 5.41) is 12.1. The molecule has 1 aromatic carbocycles. The van der Waals surface area contributed by atoms with Gasteiger partial charge in [-0.25, -0.2) is 13.6 Å². The van der Waals surface area contributed by atoms with Crippen LogP contribution in [0.4, 0.5) is 14.5 Å². The van der Waals surface area contributed by atoms with Crippen LogP contribution in [0.5, 0.6) is 0 Å². The number of pyridine rings is 1. The van der Waals surface area contributed by atoms with Gasteiger partial charge in [-0.05, 0) is 39.2 Å². The van der Waals surface area contributed by atoms with Crippen LogP contribution >= 0.6 is 0 Å². The minimum Gasteiger partial charge on any atom is -0.477 e. The second kappa shape index (κ2) is 6.77. The molecular formula is C20H24F2N4O3. The van der Waals surface area contributed by atoms with Gasteiger partial charge in [0.2, 0.25) is 5.43 Å². The van der Waals surface area contributed by atoms with E-state index in [1.165, 1.54) is 0 Å². The molecule has 9 heteroatoms. The molecule has 1 aromatic heterocycles. The Bertz CT molecular complexity index is 1060. The van der Waals surface area contributed by atoms with E-state index >= 15 is 8.78 Å². The lowest BCUT2D eigenvalue weighted by molar-refractivity contribution is 0.0695. The van der Waals surface area contributed by atoms with Crippen LogP contribution in [0.3, 0.4) is 0 Å². The summed E-state index contributed by atoms with van der Waals surface area (Å²) in [5.74, 6) is -2.99. The number of nitrogens with zero attached hydrogens (tertiary/aromatic N) is 1. The van der Waals surface area contributed by atoms with Gasteiger partial charge < -0.3 is 26.0 Å². The Morgan fingerprint density at radius 1 is 1.41 bits per heavy atom. The Morgan fingerprint density at radius 3 is 2.69 bits per heavy atom. The monoisotopic (exact) mass is 406 g/mol. The van der Waals surface area contributed by atoms with Crippen LogP contribution in [0.2, 0.25) is 0 Å². The minimum absolute atomic E-state index is 0.0848. The lowest BCUT2D eigenvalue weighted by atomic mass is 9.95. The van der Waals surface area contributed by atoms with Crippen LogP contribution in [0.25, 0.3) is 10.9 Å². The second-order valence-electron chi connectivity index (χ2n) is 8.17. The highest BCUT2D eigenvalue weighted by Crippen LogP contribution is 2.49. The molecule has 2 fully saturated rings. The van der Waals surface area contributed by atoms with Crippen molar-refractivity contribution in [2.75, 3.05) is 25.0 Å². The molecule has 156 valence electrons. The molecule has 1 saturated carbocycles. The molecule has 5 N–H and O–H groups in total.